The van der Waals surface area contributed by atoms with E-state index < -0.39 is 16.1 Å². The van der Waals surface area contributed by atoms with Crippen LogP contribution in [0, 0.1) is 10.1 Å². The number of non-ortho nitro benzene ring substituents is 1. The van der Waals surface area contributed by atoms with Crippen molar-refractivity contribution < 1.29 is 24.0 Å². The predicted octanol–water partition coefficient (Wildman–Crippen LogP) is 6.73. The highest BCUT2D eigenvalue weighted by Gasteiger charge is 2.35. The molecule has 1 aliphatic rings. The normalized spacial score (nSPS) is 14.4. The highest BCUT2D eigenvalue weighted by Crippen LogP contribution is 2.36. The maximum absolute atomic E-state index is 12.9. The molecule has 0 N–H and O–H groups in total. The second-order valence-electron chi connectivity index (χ2n) is 7.64. The van der Waals surface area contributed by atoms with Crippen LogP contribution in [0.5, 0.6) is 11.5 Å². The Bertz CT molecular complexity index is 1380. The van der Waals surface area contributed by atoms with Crippen molar-refractivity contribution in [2.45, 2.75) is 13.2 Å². The third kappa shape index (κ3) is 5.81. The molecule has 0 atom stereocenters. The van der Waals surface area contributed by atoms with Gasteiger partial charge in [0.1, 0.15) is 6.61 Å². The van der Waals surface area contributed by atoms with Crippen LogP contribution >= 0.6 is 35.0 Å². The molecule has 3 aromatic rings. The summed E-state index contributed by atoms with van der Waals surface area (Å²) < 4.78 is 11.3. The molecule has 1 heterocycles. The summed E-state index contributed by atoms with van der Waals surface area (Å²) in [4.78, 5) is 37.0. The van der Waals surface area contributed by atoms with E-state index >= 15 is 0 Å². The number of methoxy groups -OCH3 is 1. The Kier molecular flexibility index (Phi) is 7.83. The minimum absolute atomic E-state index is 0.0187. The Morgan fingerprint density at radius 1 is 0.972 bits per heavy atom. The van der Waals surface area contributed by atoms with Gasteiger partial charge in [-0.15, -0.1) is 0 Å². The summed E-state index contributed by atoms with van der Waals surface area (Å²) in [7, 11) is 1.50. The van der Waals surface area contributed by atoms with Crippen molar-refractivity contribution in [2.75, 3.05) is 7.11 Å². The highest BCUT2D eigenvalue weighted by molar-refractivity contribution is 8.18. The molecule has 2 amide bonds. The highest BCUT2D eigenvalue weighted by atomic mass is 35.5. The van der Waals surface area contributed by atoms with Gasteiger partial charge in [0, 0.05) is 12.1 Å². The number of rotatable bonds is 8. The Balaban J connectivity index is 1.46. The molecule has 0 bridgehead atoms. The van der Waals surface area contributed by atoms with Crippen LogP contribution in [0.4, 0.5) is 10.5 Å². The van der Waals surface area contributed by atoms with Gasteiger partial charge in [0.25, 0.3) is 16.8 Å². The number of carbonyl (C=O) groups excluding carboxylic acids is 2. The summed E-state index contributed by atoms with van der Waals surface area (Å²) in [6, 6.07) is 16.1. The van der Waals surface area contributed by atoms with Gasteiger partial charge in [0.05, 0.1) is 33.5 Å². The van der Waals surface area contributed by atoms with Gasteiger partial charge in [-0.05, 0) is 58.8 Å². The lowest BCUT2D eigenvalue weighted by Crippen LogP contribution is -2.27. The quantitative estimate of drug-likeness (QED) is 0.176. The summed E-state index contributed by atoms with van der Waals surface area (Å²) in [5.74, 6) is 0.503. The van der Waals surface area contributed by atoms with Gasteiger partial charge in [-0.1, -0.05) is 47.5 Å². The molecule has 4 rings (SSSR count). The van der Waals surface area contributed by atoms with Crippen LogP contribution in [0.2, 0.25) is 10.0 Å². The van der Waals surface area contributed by atoms with Crippen LogP contribution in [0.15, 0.2) is 65.6 Å². The van der Waals surface area contributed by atoms with E-state index in [2.05, 4.69) is 0 Å². The zero-order valence-corrected chi connectivity index (χ0v) is 21.1. The van der Waals surface area contributed by atoms with Crippen molar-refractivity contribution in [3.8, 4) is 11.5 Å². The lowest BCUT2D eigenvalue weighted by Gasteiger charge is -2.12. The Hall–Kier alpha value is -3.53. The average Bonchev–Trinajstić information content (AvgIpc) is 3.12. The number of hydrogen-bond acceptors (Lipinski definition) is 7. The number of nitro groups is 1. The molecular weight excluding hydrogens is 527 g/mol. The monoisotopic (exact) mass is 544 g/mol. The molecule has 36 heavy (non-hydrogen) atoms. The number of amides is 2. The number of thioether (sulfide) groups is 1. The summed E-state index contributed by atoms with van der Waals surface area (Å²) in [5.41, 5.74) is 2.02. The van der Waals surface area contributed by atoms with Crippen LogP contribution in [-0.4, -0.2) is 28.1 Å². The molecule has 0 radical (unpaired) electrons. The summed E-state index contributed by atoms with van der Waals surface area (Å²) in [6.45, 7) is 0.263. The van der Waals surface area contributed by atoms with E-state index in [0.29, 0.717) is 32.7 Å². The van der Waals surface area contributed by atoms with Gasteiger partial charge < -0.3 is 9.47 Å². The molecule has 0 unspecified atom stereocenters. The number of ether oxygens (including phenoxy) is 2. The van der Waals surface area contributed by atoms with Crippen LogP contribution in [0.3, 0.4) is 0 Å². The Morgan fingerprint density at radius 2 is 1.69 bits per heavy atom. The maximum atomic E-state index is 12.9. The fourth-order valence-corrected chi connectivity index (χ4v) is 4.54. The van der Waals surface area contributed by atoms with Gasteiger partial charge in [0.2, 0.25) is 0 Å². The molecule has 0 spiro atoms. The number of carbonyl (C=O) groups is 2. The van der Waals surface area contributed by atoms with E-state index in [9.17, 15) is 19.7 Å². The third-order valence-corrected chi connectivity index (χ3v) is 6.87. The summed E-state index contributed by atoms with van der Waals surface area (Å²) in [5, 5.41) is 11.3. The average molecular weight is 545 g/mol. The van der Waals surface area contributed by atoms with Crippen LogP contribution < -0.4 is 9.47 Å². The zero-order valence-electron chi connectivity index (χ0n) is 18.8. The summed E-state index contributed by atoms with van der Waals surface area (Å²) >= 11 is 12.8. The van der Waals surface area contributed by atoms with Crippen molar-refractivity contribution in [1.82, 2.24) is 4.90 Å². The van der Waals surface area contributed by atoms with Crippen molar-refractivity contribution in [1.29, 1.82) is 0 Å². The lowest BCUT2D eigenvalue weighted by molar-refractivity contribution is -0.384. The second kappa shape index (κ2) is 11.0. The van der Waals surface area contributed by atoms with Crippen molar-refractivity contribution in [3.63, 3.8) is 0 Å². The van der Waals surface area contributed by atoms with E-state index in [1.54, 1.807) is 36.4 Å². The van der Waals surface area contributed by atoms with Crippen molar-refractivity contribution in [3.05, 3.63) is 102 Å². The van der Waals surface area contributed by atoms with E-state index in [4.69, 9.17) is 32.7 Å². The molecule has 11 heteroatoms. The smallest absolute Gasteiger partial charge is 0.293 e. The first kappa shape index (κ1) is 25.6. The lowest BCUT2D eigenvalue weighted by atomic mass is 10.1. The van der Waals surface area contributed by atoms with E-state index in [1.807, 2.05) is 6.07 Å². The third-order valence-electron chi connectivity index (χ3n) is 5.23. The molecule has 1 fully saturated rings. The number of halogens is 2. The Labute approximate surface area is 220 Å². The van der Waals surface area contributed by atoms with Crippen LogP contribution in [-0.2, 0) is 17.9 Å². The number of imide groups is 1. The van der Waals surface area contributed by atoms with Gasteiger partial charge in [0.15, 0.2) is 11.5 Å². The fourth-order valence-electron chi connectivity index (χ4n) is 3.38. The van der Waals surface area contributed by atoms with E-state index in [1.165, 1.54) is 31.4 Å². The second-order valence-corrected chi connectivity index (χ2v) is 9.45. The van der Waals surface area contributed by atoms with Gasteiger partial charge in [-0.25, -0.2) is 0 Å². The van der Waals surface area contributed by atoms with E-state index in [0.717, 1.165) is 22.2 Å². The van der Waals surface area contributed by atoms with Gasteiger partial charge in [-0.2, -0.15) is 0 Å². The number of hydrogen-bond donors (Lipinski definition) is 0. The molecule has 1 saturated heterocycles. The molecular formula is C25H18Cl2N2O6S. The Morgan fingerprint density at radius 3 is 2.36 bits per heavy atom. The first-order valence-corrected chi connectivity index (χ1v) is 12.1. The standard InChI is InChI=1S/C25H18Cl2N2O6S/c1-34-22-11-16(5-9-21(22)35-14-17-4-8-19(26)20(27)10-17)12-23-24(30)28(25(31)36-23)13-15-2-6-18(7-3-15)29(32)33/h2-12H,13-14H2,1H3/b23-12-. The van der Waals surface area contributed by atoms with Crippen molar-refractivity contribution >= 4 is 57.9 Å². The molecule has 0 saturated carbocycles. The van der Waals surface area contributed by atoms with Gasteiger partial charge >= 0.3 is 0 Å². The fraction of sp³-hybridized carbons (Fsp3) is 0.120. The number of nitro benzene ring substituents is 1. The van der Waals surface area contributed by atoms with Crippen LogP contribution in [0.25, 0.3) is 6.08 Å². The minimum Gasteiger partial charge on any atom is -0.493 e. The number of benzene rings is 3. The van der Waals surface area contributed by atoms with Crippen LogP contribution in [0.1, 0.15) is 16.7 Å². The predicted molar refractivity (Wildman–Crippen MR) is 138 cm³/mol. The summed E-state index contributed by atoms with van der Waals surface area (Å²) in [6.07, 6.45) is 1.60. The molecule has 8 nitrogen and oxygen atoms in total. The number of nitrogens with zero attached hydrogens (tertiary/aromatic N) is 2. The molecule has 1 aliphatic heterocycles. The minimum atomic E-state index is -0.509. The largest absolute Gasteiger partial charge is 0.493 e. The molecule has 184 valence electrons. The zero-order chi connectivity index (χ0) is 25.8. The SMILES string of the molecule is COc1cc(/C=C2\SC(=O)N(Cc3ccc([N+](=O)[O-])cc3)C2=O)ccc1OCc1ccc(Cl)c(Cl)c1. The topological polar surface area (TPSA) is 99.0 Å². The van der Waals surface area contributed by atoms with E-state index in [-0.39, 0.29) is 23.7 Å². The molecule has 0 aromatic heterocycles. The molecule has 3 aromatic carbocycles. The van der Waals surface area contributed by atoms with Gasteiger partial charge in [-0.3, -0.25) is 24.6 Å². The molecule has 0 aliphatic carbocycles. The van der Waals surface area contributed by atoms with Crippen molar-refractivity contribution in [2.24, 2.45) is 0 Å². The maximum Gasteiger partial charge on any atom is 0.293 e. The first-order valence-electron chi connectivity index (χ1n) is 10.5. The first-order chi connectivity index (χ1) is 17.2.